The van der Waals surface area contributed by atoms with E-state index < -0.39 is 10.0 Å². The first-order valence-electron chi connectivity index (χ1n) is 5.87. The van der Waals surface area contributed by atoms with Crippen LogP contribution in [0.25, 0.3) is 0 Å². The second kappa shape index (κ2) is 6.01. The minimum Gasteiger partial charge on any atom is -0.326 e. The van der Waals surface area contributed by atoms with E-state index in [1.54, 1.807) is 6.07 Å². The van der Waals surface area contributed by atoms with Gasteiger partial charge in [0.15, 0.2) is 5.03 Å². The lowest BCUT2D eigenvalue weighted by Crippen LogP contribution is -2.37. The predicted octanol–water partition coefficient (Wildman–Crippen LogP) is 0.714. The molecule has 0 spiro atoms. The maximum absolute atomic E-state index is 12.1. The third-order valence-electron chi connectivity index (χ3n) is 2.85. The Hall–Kier alpha value is -0.630. The van der Waals surface area contributed by atoms with E-state index in [1.807, 2.05) is 11.8 Å². The normalized spacial score (nSPS) is 17.8. The molecule has 0 unspecified atom stereocenters. The van der Waals surface area contributed by atoms with Gasteiger partial charge in [0.1, 0.15) is 0 Å². The highest BCUT2D eigenvalue weighted by Crippen LogP contribution is 2.18. The summed E-state index contributed by atoms with van der Waals surface area (Å²) in [4.78, 5) is 3.95. The molecule has 0 atom stereocenters. The summed E-state index contributed by atoms with van der Waals surface area (Å²) in [6.45, 7) is 0.362. The zero-order valence-corrected chi connectivity index (χ0v) is 11.6. The molecule has 100 valence electrons. The number of nitrogens with zero attached hydrogens (tertiary/aromatic N) is 1. The molecular formula is C11H17N3O2S2. The number of pyridine rings is 1. The van der Waals surface area contributed by atoms with Crippen LogP contribution in [0, 0.1) is 0 Å². The fourth-order valence-electron chi connectivity index (χ4n) is 1.79. The quantitative estimate of drug-likeness (QED) is 0.852. The second-order valence-corrected chi connectivity index (χ2v) is 7.10. The summed E-state index contributed by atoms with van der Waals surface area (Å²) in [5, 5.41) is 0.0675. The molecule has 2 heterocycles. The van der Waals surface area contributed by atoms with Crippen molar-refractivity contribution in [2.45, 2.75) is 30.5 Å². The van der Waals surface area contributed by atoms with Gasteiger partial charge in [-0.05, 0) is 36.0 Å². The van der Waals surface area contributed by atoms with Gasteiger partial charge in [0, 0.05) is 18.8 Å². The molecule has 1 fully saturated rings. The van der Waals surface area contributed by atoms with Gasteiger partial charge in [-0.3, -0.25) is 0 Å². The average Bonchev–Trinajstić information content (AvgIpc) is 2.39. The summed E-state index contributed by atoms with van der Waals surface area (Å²) >= 11 is 1.86. The SMILES string of the molecule is NCc1ccc(S(=O)(=O)NC2CCSCC2)nc1. The van der Waals surface area contributed by atoms with Crippen LogP contribution in [0.15, 0.2) is 23.4 Å². The monoisotopic (exact) mass is 287 g/mol. The third-order valence-corrected chi connectivity index (χ3v) is 5.34. The van der Waals surface area contributed by atoms with Crippen LogP contribution in [0.2, 0.25) is 0 Å². The van der Waals surface area contributed by atoms with Gasteiger partial charge >= 0.3 is 0 Å². The Bertz CT molecular complexity index is 482. The van der Waals surface area contributed by atoms with Gasteiger partial charge in [-0.1, -0.05) is 6.07 Å². The van der Waals surface area contributed by atoms with Crippen LogP contribution in [0.3, 0.4) is 0 Å². The van der Waals surface area contributed by atoms with Gasteiger partial charge in [0.05, 0.1) is 0 Å². The van der Waals surface area contributed by atoms with E-state index in [9.17, 15) is 8.42 Å². The van der Waals surface area contributed by atoms with Crippen LogP contribution in [0.5, 0.6) is 0 Å². The van der Waals surface area contributed by atoms with Gasteiger partial charge in [0.25, 0.3) is 10.0 Å². The van der Waals surface area contributed by atoms with Gasteiger partial charge in [-0.15, -0.1) is 0 Å². The Labute approximate surface area is 112 Å². The molecular weight excluding hydrogens is 270 g/mol. The maximum Gasteiger partial charge on any atom is 0.258 e. The first-order valence-corrected chi connectivity index (χ1v) is 8.50. The molecule has 18 heavy (non-hydrogen) atoms. The highest BCUT2D eigenvalue weighted by Gasteiger charge is 2.22. The molecule has 3 N–H and O–H groups in total. The van der Waals surface area contributed by atoms with E-state index in [1.165, 1.54) is 12.3 Å². The Morgan fingerprint density at radius 2 is 2.11 bits per heavy atom. The molecule has 0 saturated carbocycles. The summed E-state index contributed by atoms with van der Waals surface area (Å²) in [5.74, 6) is 2.01. The zero-order chi connectivity index (χ0) is 13.0. The molecule has 1 aliphatic heterocycles. The average molecular weight is 287 g/mol. The fourth-order valence-corrected chi connectivity index (χ4v) is 4.13. The van der Waals surface area contributed by atoms with Gasteiger partial charge in [0.2, 0.25) is 0 Å². The highest BCUT2D eigenvalue weighted by atomic mass is 32.2. The second-order valence-electron chi connectivity index (χ2n) is 4.22. The number of sulfonamides is 1. The molecule has 2 rings (SSSR count). The number of rotatable bonds is 4. The minimum absolute atomic E-state index is 0.0345. The van der Waals surface area contributed by atoms with Crippen LogP contribution in [0.1, 0.15) is 18.4 Å². The van der Waals surface area contributed by atoms with Crippen molar-refractivity contribution in [3.63, 3.8) is 0 Å². The van der Waals surface area contributed by atoms with Crippen molar-refractivity contribution in [3.8, 4) is 0 Å². The number of hydrogen-bond donors (Lipinski definition) is 2. The molecule has 0 aromatic carbocycles. The minimum atomic E-state index is -3.50. The summed E-state index contributed by atoms with van der Waals surface area (Å²) in [6, 6.07) is 3.23. The van der Waals surface area contributed by atoms with E-state index in [0.29, 0.717) is 6.54 Å². The van der Waals surface area contributed by atoms with Crippen molar-refractivity contribution in [1.82, 2.24) is 9.71 Å². The predicted molar refractivity (Wildman–Crippen MR) is 72.8 cm³/mol. The largest absolute Gasteiger partial charge is 0.326 e. The number of nitrogens with one attached hydrogen (secondary N) is 1. The van der Waals surface area contributed by atoms with Crippen molar-refractivity contribution in [1.29, 1.82) is 0 Å². The van der Waals surface area contributed by atoms with Crippen molar-refractivity contribution in [3.05, 3.63) is 23.9 Å². The molecule has 0 amide bonds. The van der Waals surface area contributed by atoms with Crippen LogP contribution in [0.4, 0.5) is 0 Å². The summed E-state index contributed by atoms with van der Waals surface area (Å²) in [6.07, 6.45) is 3.26. The Balaban J connectivity index is 2.08. The topological polar surface area (TPSA) is 85.1 Å². The molecule has 7 heteroatoms. The van der Waals surface area contributed by atoms with E-state index >= 15 is 0 Å². The van der Waals surface area contributed by atoms with Gasteiger partial charge in [-0.25, -0.2) is 18.1 Å². The third kappa shape index (κ3) is 3.44. The fraction of sp³-hybridized carbons (Fsp3) is 0.545. The van der Waals surface area contributed by atoms with Gasteiger partial charge in [-0.2, -0.15) is 11.8 Å². The number of thioether (sulfide) groups is 1. The first kappa shape index (κ1) is 13.8. The zero-order valence-electron chi connectivity index (χ0n) is 10.0. The lowest BCUT2D eigenvalue weighted by molar-refractivity contribution is 0.526. The van der Waals surface area contributed by atoms with Gasteiger partial charge < -0.3 is 5.73 Å². The Kier molecular flexibility index (Phi) is 4.60. The van der Waals surface area contributed by atoms with E-state index in [2.05, 4.69) is 9.71 Å². The Morgan fingerprint density at radius 3 is 2.67 bits per heavy atom. The van der Waals surface area contributed by atoms with E-state index in [0.717, 1.165) is 29.9 Å². The molecule has 1 aromatic rings. The summed E-state index contributed by atoms with van der Waals surface area (Å²) < 4.78 is 26.9. The maximum atomic E-state index is 12.1. The molecule has 0 aliphatic carbocycles. The van der Waals surface area contributed by atoms with Crippen molar-refractivity contribution < 1.29 is 8.42 Å². The lowest BCUT2D eigenvalue weighted by Gasteiger charge is -2.22. The van der Waals surface area contributed by atoms with Crippen LogP contribution < -0.4 is 10.5 Å². The highest BCUT2D eigenvalue weighted by molar-refractivity contribution is 7.99. The van der Waals surface area contributed by atoms with E-state index in [-0.39, 0.29) is 11.1 Å². The molecule has 1 saturated heterocycles. The number of aromatic nitrogens is 1. The van der Waals surface area contributed by atoms with Crippen LogP contribution in [-0.4, -0.2) is 30.9 Å². The molecule has 5 nitrogen and oxygen atoms in total. The van der Waals surface area contributed by atoms with Crippen molar-refractivity contribution in [2.24, 2.45) is 5.73 Å². The standard InChI is InChI=1S/C11H17N3O2S2/c12-7-9-1-2-11(13-8-9)18(15,16)14-10-3-5-17-6-4-10/h1-2,8,10,14H,3-7,12H2. The smallest absolute Gasteiger partial charge is 0.258 e. The van der Waals surface area contributed by atoms with Crippen LogP contribution in [-0.2, 0) is 16.6 Å². The molecule has 1 aromatic heterocycles. The molecule has 1 aliphatic rings. The number of nitrogens with two attached hydrogens (primary N) is 1. The summed E-state index contributed by atoms with van der Waals surface area (Å²) in [5.41, 5.74) is 6.27. The first-order chi connectivity index (χ1) is 8.62. The van der Waals surface area contributed by atoms with Crippen molar-refractivity contribution >= 4 is 21.8 Å². The Morgan fingerprint density at radius 1 is 1.39 bits per heavy atom. The molecule has 0 radical (unpaired) electrons. The van der Waals surface area contributed by atoms with E-state index in [4.69, 9.17) is 5.73 Å². The van der Waals surface area contributed by atoms with Crippen LogP contribution >= 0.6 is 11.8 Å². The summed E-state index contributed by atoms with van der Waals surface area (Å²) in [7, 11) is -3.50. The molecule has 0 bridgehead atoms. The van der Waals surface area contributed by atoms with Crippen molar-refractivity contribution in [2.75, 3.05) is 11.5 Å². The lowest BCUT2D eigenvalue weighted by atomic mass is 10.2. The number of hydrogen-bond acceptors (Lipinski definition) is 5.